The Morgan fingerprint density at radius 1 is 1.07 bits per heavy atom. The SMILES string of the molecule is CC1(C)CC([C@H](c2ccc(Cl)cc2)[C@H](NCC2CC2)C(=O)C[C@H]2CCC[C@@H]2CC[C@H]2CN[C@@H]3CCCS(=O)(=O)N2C3)CCO1. The number of ketones is 1. The van der Waals surface area contributed by atoms with Crippen molar-refractivity contribution in [3.8, 4) is 0 Å². The van der Waals surface area contributed by atoms with Crippen LogP contribution in [0.3, 0.4) is 0 Å². The molecule has 0 amide bonds. The minimum atomic E-state index is -3.18. The number of rotatable bonds is 12. The highest BCUT2D eigenvalue weighted by atomic mass is 35.5. The number of halogens is 1. The van der Waals surface area contributed by atoms with Crippen molar-refractivity contribution in [1.82, 2.24) is 14.9 Å². The van der Waals surface area contributed by atoms with Gasteiger partial charge in [-0.05, 0) is 120 Å². The minimum absolute atomic E-state index is 0.0328. The molecule has 1 aromatic rings. The zero-order chi connectivity index (χ0) is 30.9. The van der Waals surface area contributed by atoms with Crippen LogP contribution in [0.15, 0.2) is 24.3 Å². The molecule has 5 fully saturated rings. The van der Waals surface area contributed by atoms with Crippen molar-refractivity contribution in [3.63, 3.8) is 0 Å². The third-order valence-corrected chi connectivity index (χ3v) is 13.7. The highest BCUT2D eigenvalue weighted by molar-refractivity contribution is 7.89. The second-order valence-electron chi connectivity index (χ2n) is 15.3. The van der Waals surface area contributed by atoms with E-state index in [4.69, 9.17) is 16.3 Å². The summed E-state index contributed by atoms with van der Waals surface area (Å²) in [5.41, 5.74) is 0.992. The molecule has 2 unspecified atom stereocenters. The maximum atomic E-state index is 14.5. The molecular formula is C35H54ClN3O4S. The van der Waals surface area contributed by atoms with Gasteiger partial charge in [0.05, 0.1) is 17.4 Å². The average Bonchev–Trinajstić information content (AvgIpc) is 3.73. The molecule has 6 rings (SSSR count). The molecule has 246 valence electrons. The second kappa shape index (κ2) is 14.0. The molecule has 0 spiro atoms. The summed E-state index contributed by atoms with van der Waals surface area (Å²) in [6.07, 6.45) is 11.9. The van der Waals surface area contributed by atoms with Gasteiger partial charge in [0.15, 0.2) is 5.78 Å². The number of nitrogens with one attached hydrogen (secondary N) is 2. The lowest BCUT2D eigenvalue weighted by Gasteiger charge is -2.42. The fourth-order valence-electron chi connectivity index (χ4n) is 8.86. The van der Waals surface area contributed by atoms with Crippen LogP contribution in [0.4, 0.5) is 0 Å². The van der Waals surface area contributed by atoms with Gasteiger partial charge in [0.1, 0.15) is 0 Å². The van der Waals surface area contributed by atoms with Gasteiger partial charge in [-0.15, -0.1) is 0 Å². The summed E-state index contributed by atoms with van der Waals surface area (Å²) >= 11 is 6.33. The zero-order valence-corrected chi connectivity index (χ0v) is 28.4. The molecule has 2 aliphatic carbocycles. The van der Waals surface area contributed by atoms with E-state index in [0.29, 0.717) is 42.4 Å². The molecule has 44 heavy (non-hydrogen) atoms. The van der Waals surface area contributed by atoms with E-state index >= 15 is 0 Å². The van der Waals surface area contributed by atoms with Crippen molar-refractivity contribution in [2.45, 2.75) is 121 Å². The topological polar surface area (TPSA) is 87.7 Å². The molecule has 3 heterocycles. The summed E-state index contributed by atoms with van der Waals surface area (Å²) in [5.74, 6) is 2.58. The molecule has 5 aliphatic rings. The molecule has 1 aromatic carbocycles. The van der Waals surface area contributed by atoms with E-state index < -0.39 is 10.0 Å². The van der Waals surface area contributed by atoms with Crippen LogP contribution >= 0.6 is 11.6 Å². The summed E-state index contributed by atoms with van der Waals surface area (Å²) in [5, 5.41) is 8.17. The van der Waals surface area contributed by atoms with E-state index in [1.165, 1.54) is 18.4 Å². The van der Waals surface area contributed by atoms with E-state index in [0.717, 1.165) is 82.5 Å². The van der Waals surface area contributed by atoms with E-state index in [9.17, 15) is 13.2 Å². The Morgan fingerprint density at radius 2 is 1.84 bits per heavy atom. The number of hydrogen-bond acceptors (Lipinski definition) is 6. The summed E-state index contributed by atoms with van der Waals surface area (Å²) in [7, 11) is -3.18. The molecule has 3 saturated heterocycles. The highest BCUT2D eigenvalue weighted by Crippen LogP contribution is 2.43. The van der Waals surface area contributed by atoms with E-state index in [-0.39, 0.29) is 35.4 Å². The minimum Gasteiger partial charge on any atom is -0.376 e. The van der Waals surface area contributed by atoms with Gasteiger partial charge < -0.3 is 15.4 Å². The van der Waals surface area contributed by atoms with E-state index in [1.54, 1.807) is 0 Å². The molecule has 2 N–H and O–H groups in total. The number of ether oxygens (including phenoxy) is 1. The Morgan fingerprint density at radius 3 is 2.59 bits per heavy atom. The Bertz CT molecular complexity index is 1240. The van der Waals surface area contributed by atoms with Crippen LogP contribution in [-0.4, -0.2) is 74.2 Å². The molecule has 2 saturated carbocycles. The monoisotopic (exact) mass is 647 g/mol. The number of sulfonamides is 1. The van der Waals surface area contributed by atoms with Crippen molar-refractivity contribution >= 4 is 27.4 Å². The van der Waals surface area contributed by atoms with Crippen molar-refractivity contribution in [2.75, 3.05) is 32.0 Å². The first-order chi connectivity index (χ1) is 21.1. The van der Waals surface area contributed by atoms with Crippen LogP contribution < -0.4 is 10.6 Å². The zero-order valence-electron chi connectivity index (χ0n) is 26.8. The molecule has 3 aliphatic heterocycles. The first-order valence-corrected chi connectivity index (χ1v) is 19.4. The average molecular weight is 648 g/mol. The predicted molar refractivity (Wildman–Crippen MR) is 176 cm³/mol. The summed E-state index contributed by atoms with van der Waals surface area (Å²) in [6, 6.07) is 8.30. The molecular weight excluding hydrogens is 594 g/mol. The molecule has 7 nitrogen and oxygen atoms in total. The number of hydrogen-bond donors (Lipinski definition) is 2. The maximum Gasteiger partial charge on any atom is 0.214 e. The van der Waals surface area contributed by atoms with Gasteiger partial charge in [-0.2, -0.15) is 4.31 Å². The first-order valence-electron chi connectivity index (χ1n) is 17.5. The van der Waals surface area contributed by atoms with Gasteiger partial charge in [-0.1, -0.05) is 36.6 Å². The second-order valence-corrected chi connectivity index (χ2v) is 17.7. The molecule has 0 aromatic heterocycles. The van der Waals surface area contributed by atoms with Crippen LogP contribution in [0.1, 0.15) is 102 Å². The summed E-state index contributed by atoms with van der Waals surface area (Å²) in [6.45, 7) is 7.34. The van der Waals surface area contributed by atoms with Crippen molar-refractivity contribution in [2.24, 2.45) is 23.7 Å². The normalized spacial score (nSPS) is 34.6. The van der Waals surface area contributed by atoms with E-state index in [2.05, 4.69) is 36.6 Å². The highest BCUT2D eigenvalue weighted by Gasteiger charge is 2.43. The number of nitrogens with zero attached hydrogens (tertiary/aromatic N) is 1. The maximum absolute atomic E-state index is 14.5. The van der Waals surface area contributed by atoms with E-state index in [1.807, 2.05) is 16.4 Å². The Labute approximate surface area is 270 Å². The van der Waals surface area contributed by atoms with Crippen LogP contribution in [0, 0.1) is 23.7 Å². The Hall–Kier alpha value is -1.03. The molecule has 9 heteroatoms. The fraction of sp³-hybridized carbons (Fsp3) is 0.800. The van der Waals surface area contributed by atoms with Gasteiger partial charge in [-0.25, -0.2) is 8.42 Å². The third-order valence-electron chi connectivity index (χ3n) is 11.4. The van der Waals surface area contributed by atoms with Gasteiger partial charge in [0.2, 0.25) is 10.0 Å². The van der Waals surface area contributed by atoms with Crippen LogP contribution in [0.25, 0.3) is 0 Å². The lowest BCUT2D eigenvalue weighted by molar-refractivity contribution is -0.124. The number of benzene rings is 1. The molecule has 0 radical (unpaired) electrons. The van der Waals surface area contributed by atoms with Crippen molar-refractivity contribution < 1.29 is 17.9 Å². The van der Waals surface area contributed by atoms with Crippen LogP contribution in [0.5, 0.6) is 0 Å². The lowest BCUT2D eigenvalue weighted by Crippen LogP contribution is -2.57. The third kappa shape index (κ3) is 8.09. The number of carbonyl (C=O) groups excluding carboxylic acids is 1. The van der Waals surface area contributed by atoms with Gasteiger partial charge in [-0.3, -0.25) is 4.79 Å². The standard InChI is InChI=1S/C35H54ClN3O4S/c1-35(2)20-28(16-17-43-35)33(26-10-13-29(36)14-11-26)34(38-21-24-8-9-24)32(40)19-27-6-3-5-25(27)12-15-31-22-37-30-7-4-18-44(41,42)39(31)23-30/h10-11,13-14,24-25,27-28,30-31,33-34,37-38H,3-9,12,15-23H2,1-2H3/t25-,27-,28?,30-,31+,33+,34-/m1/s1. The summed E-state index contributed by atoms with van der Waals surface area (Å²) in [4.78, 5) is 14.5. The van der Waals surface area contributed by atoms with Gasteiger partial charge in [0.25, 0.3) is 0 Å². The molecule has 8 atom stereocenters. The van der Waals surface area contributed by atoms with Crippen LogP contribution in [-0.2, 0) is 19.6 Å². The van der Waals surface area contributed by atoms with Crippen molar-refractivity contribution in [1.29, 1.82) is 0 Å². The Balaban J connectivity index is 1.17. The van der Waals surface area contributed by atoms with Crippen LogP contribution in [0.2, 0.25) is 5.02 Å². The largest absolute Gasteiger partial charge is 0.376 e. The predicted octanol–water partition coefficient (Wildman–Crippen LogP) is 5.92. The molecule has 2 bridgehead atoms. The van der Waals surface area contributed by atoms with Crippen molar-refractivity contribution in [3.05, 3.63) is 34.9 Å². The number of piperazine rings is 1. The number of Topliss-reactive ketones (excluding diaryl/α,β-unsaturated/α-hetero) is 1. The fourth-order valence-corrected chi connectivity index (χ4v) is 10.8. The van der Waals surface area contributed by atoms with Gasteiger partial charge >= 0.3 is 0 Å². The lowest BCUT2D eigenvalue weighted by atomic mass is 9.71. The summed E-state index contributed by atoms with van der Waals surface area (Å²) < 4.78 is 34.0. The smallest absolute Gasteiger partial charge is 0.214 e. The first kappa shape index (κ1) is 32.9. The van der Waals surface area contributed by atoms with Gasteiger partial charge in [0, 0.05) is 49.1 Å². The quantitative estimate of drug-likeness (QED) is 0.293. The number of carbonyl (C=O) groups is 1. The Kier molecular flexibility index (Phi) is 10.5. The number of fused-ring (bicyclic) bond motifs is 2.